The summed E-state index contributed by atoms with van der Waals surface area (Å²) in [7, 11) is 0. The Morgan fingerprint density at radius 1 is 0.625 bits per heavy atom. The normalized spacial score (nSPS) is 14.2. The summed E-state index contributed by atoms with van der Waals surface area (Å²) in [5, 5.41) is 11.5. The van der Waals surface area contributed by atoms with Gasteiger partial charge in [-0.3, -0.25) is 24.0 Å². The predicted molar refractivity (Wildman–Crippen MR) is 223 cm³/mol. The zero-order valence-corrected chi connectivity index (χ0v) is 32.6. The number of benzene rings is 4. The van der Waals surface area contributed by atoms with Crippen LogP contribution in [0, 0.1) is 33.6 Å². The van der Waals surface area contributed by atoms with Crippen molar-refractivity contribution >= 4 is 40.9 Å². The largest absolute Gasteiger partial charge is 0.484 e. The third-order valence-electron chi connectivity index (χ3n) is 7.51. The Kier molecular flexibility index (Phi) is 21.2. The van der Waals surface area contributed by atoms with Crippen molar-refractivity contribution in [1.82, 2.24) is 21.3 Å². The first-order valence-electron chi connectivity index (χ1n) is 17.6. The first-order valence-corrected chi connectivity index (χ1v) is 18.4. The van der Waals surface area contributed by atoms with E-state index in [1.165, 1.54) is 27.1 Å². The Balaban J connectivity index is 0.000000312. The monoisotopic (exact) mass is 775 g/mol. The third kappa shape index (κ3) is 19.4. The number of nitrogens with one attached hydrogen (secondary N) is 4. The molecule has 5 amide bonds. The van der Waals surface area contributed by atoms with Crippen LogP contribution in [0.1, 0.15) is 21.6 Å². The second kappa shape index (κ2) is 26.1. The van der Waals surface area contributed by atoms with Crippen LogP contribution in [0.4, 0.5) is 0 Å². The predicted octanol–water partition coefficient (Wildman–Crippen LogP) is 4.90. The number of thiophene rings is 1. The van der Waals surface area contributed by atoms with Crippen molar-refractivity contribution in [2.24, 2.45) is 5.73 Å². The number of hydrogen-bond donors (Lipinski definition) is 5. The lowest BCUT2D eigenvalue weighted by Crippen LogP contribution is -2.50. The van der Waals surface area contributed by atoms with Gasteiger partial charge in [0.2, 0.25) is 23.6 Å². The molecular formula is C44H49N5O6S. The van der Waals surface area contributed by atoms with Crippen LogP contribution in [-0.4, -0.2) is 61.8 Å². The first-order chi connectivity index (χ1) is 27.0. The molecule has 2 aliphatic heterocycles. The zero-order valence-electron chi connectivity index (χ0n) is 31.8. The van der Waals surface area contributed by atoms with E-state index in [-0.39, 0.29) is 32.7 Å². The smallest absolute Gasteiger partial charge is 0.258 e. The minimum atomic E-state index is -0.969. The number of rotatable bonds is 2. The van der Waals surface area contributed by atoms with Crippen molar-refractivity contribution < 1.29 is 28.7 Å². The molecule has 0 radical (unpaired) electrons. The lowest BCUT2D eigenvalue weighted by Gasteiger charge is -2.16. The van der Waals surface area contributed by atoms with E-state index in [9.17, 15) is 24.0 Å². The molecule has 0 unspecified atom stereocenters. The van der Waals surface area contributed by atoms with Crippen LogP contribution in [0.5, 0.6) is 5.75 Å². The maximum atomic E-state index is 11.9. The standard InChI is InChI=1S/C17H21N5O6.C13H12.C7H8.C5H6S.C2H2/c18-17(27)12-5-10-1-3-11(4-2-10)28-9-16(26)21-7-14(24)19-6-13(23)20-8-15(25)22-12;1-11-7-9-13(10-8-11)12-5-3-2-4-6-12;1-7-5-3-2-4-6-7;1-5-3-2-4-6-5;1-2/h1-4,12H,5-9H2,(H2,18,27)(H,19,24)(H,20,23)(H,21,26)(H,22,25);2-10H,1H3;2-6H,1H3;2-4H,1H3;1-2H/t12-;;;;/m0..../s1. The average molecular weight is 776 g/mol. The highest BCUT2D eigenvalue weighted by Crippen LogP contribution is 2.18. The number of carbonyl (C=O) groups excluding carboxylic acids is 5. The van der Waals surface area contributed by atoms with Crippen LogP contribution < -0.4 is 31.7 Å². The number of amides is 5. The average Bonchev–Trinajstić information content (AvgIpc) is 3.70. The quantitative estimate of drug-likeness (QED) is 0.126. The van der Waals surface area contributed by atoms with Crippen LogP contribution in [0.15, 0.2) is 127 Å². The molecule has 7 rings (SSSR count). The summed E-state index contributed by atoms with van der Waals surface area (Å²) in [6, 6.07) is 39.0. The van der Waals surface area contributed by atoms with Crippen molar-refractivity contribution in [3.05, 3.63) is 148 Å². The molecule has 1 aromatic heterocycles. The summed E-state index contributed by atoms with van der Waals surface area (Å²) in [6.45, 7) is 4.91. The SMILES string of the molecule is C#C.Cc1ccc(-c2ccccc2)cc1.Cc1ccccc1.Cc1cccs1.NC(=O)[C@@H]1Cc2ccc(cc2)OCC(=O)NCC(=O)NCC(=O)NCC(=O)N1. The lowest BCUT2D eigenvalue weighted by atomic mass is 10.0. The van der Waals surface area contributed by atoms with Gasteiger partial charge in [-0.05, 0) is 61.0 Å². The molecule has 0 saturated heterocycles. The number of hydrogen-bond acceptors (Lipinski definition) is 7. The Morgan fingerprint density at radius 3 is 1.59 bits per heavy atom. The second-order valence-electron chi connectivity index (χ2n) is 12.1. The summed E-state index contributed by atoms with van der Waals surface area (Å²) in [6.07, 6.45) is 8.14. The minimum absolute atomic E-state index is 0.145. The molecule has 5 aromatic rings. The molecule has 1 atom stereocenters. The highest BCUT2D eigenvalue weighted by atomic mass is 32.1. The van der Waals surface area contributed by atoms with E-state index in [0.717, 1.165) is 0 Å². The molecule has 0 saturated carbocycles. The molecule has 0 aliphatic carbocycles. The molecular weight excluding hydrogens is 727 g/mol. The molecule has 0 fully saturated rings. The Labute approximate surface area is 333 Å². The van der Waals surface area contributed by atoms with E-state index in [0.29, 0.717) is 11.3 Å². The summed E-state index contributed by atoms with van der Waals surface area (Å²) in [4.78, 5) is 59.9. The molecule has 11 nitrogen and oxygen atoms in total. The summed E-state index contributed by atoms with van der Waals surface area (Å²) < 4.78 is 5.31. The van der Waals surface area contributed by atoms with E-state index < -0.39 is 35.6 Å². The Hall–Kier alpha value is -6.71. The number of aryl methyl sites for hydroxylation is 3. The van der Waals surface area contributed by atoms with Gasteiger partial charge in [0.05, 0.1) is 19.6 Å². The third-order valence-corrected chi connectivity index (χ3v) is 8.31. The lowest BCUT2D eigenvalue weighted by molar-refractivity contribution is -0.129. The molecule has 292 valence electrons. The fraction of sp³-hybridized carbons (Fsp3) is 0.205. The van der Waals surface area contributed by atoms with Gasteiger partial charge in [-0.2, -0.15) is 0 Å². The fourth-order valence-electron chi connectivity index (χ4n) is 4.56. The van der Waals surface area contributed by atoms with Gasteiger partial charge >= 0.3 is 0 Å². The van der Waals surface area contributed by atoms with Gasteiger partial charge in [0.1, 0.15) is 11.8 Å². The van der Waals surface area contributed by atoms with E-state index in [2.05, 4.69) is 133 Å². The van der Waals surface area contributed by atoms with E-state index in [1.54, 1.807) is 35.6 Å². The van der Waals surface area contributed by atoms with Crippen molar-refractivity contribution in [2.75, 3.05) is 26.2 Å². The molecule has 2 bridgehead atoms. The number of carbonyl (C=O) groups is 5. The first kappa shape index (κ1) is 45.4. The minimum Gasteiger partial charge on any atom is -0.484 e. The van der Waals surface area contributed by atoms with Gasteiger partial charge in [0.15, 0.2) is 6.61 Å². The molecule has 0 spiro atoms. The Bertz CT molecular complexity index is 1930. The number of nitrogens with two attached hydrogens (primary N) is 1. The van der Waals surface area contributed by atoms with Crippen LogP contribution in [0.3, 0.4) is 0 Å². The summed E-state index contributed by atoms with van der Waals surface area (Å²) in [5.41, 5.74) is 11.2. The van der Waals surface area contributed by atoms with E-state index >= 15 is 0 Å². The van der Waals surface area contributed by atoms with Gasteiger partial charge in [0.25, 0.3) is 5.91 Å². The highest BCUT2D eigenvalue weighted by molar-refractivity contribution is 7.09. The van der Waals surface area contributed by atoms with E-state index in [4.69, 9.17) is 10.5 Å². The van der Waals surface area contributed by atoms with Crippen molar-refractivity contribution in [3.8, 4) is 29.7 Å². The number of primary amides is 1. The zero-order chi connectivity index (χ0) is 41.1. The summed E-state index contributed by atoms with van der Waals surface area (Å²) >= 11 is 1.78. The molecule has 3 heterocycles. The van der Waals surface area contributed by atoms with Crippen LogP contribution >= 0.6 is 11.3 Å². The number of ether oxygens (including phenoxy) is 1. The summed E-state index contributed by atoms with van der Waals surface area (Å²) in [5.74, 6) is -2.62. The maximum Gasteiger partial charge on any atom is 0.258 e. The van der Waals surface area contributed by atoms with Crippen LogP contribution in [-0.2, 0) is 30.4 Å². The van der Waals surface area contributed by atoms with Crippen molar-refractivity contribution in [1.29, 1.82) is 0 Å². The topological polar surface area (TPSA) is 169 Å². The molecule has 6 N–H and O–H groups in total. The Morgan fingerprint density at radius 2 is 1.12 bits per heavy atom. The van der Waals surface area contributed by atoms with Gasteiger partial charge < -0.3 is 31.7 Å². The van der Waals surface area contributed by atoms with Crippen LogP contribution in [0.25, 0.3) is 11.1 Å². The second-order valence-corrected chi connectivity index (χ2v) is 13.3. The fourth-order valence-corrected chi connectivity index (χ4v) is 5.09. The number of fused-ring (bicyclic) bond motifs is 16. The van der Waals surface area contributed by atoms with Gasteiger partial charge in [-0.25, -0.2) is 0 Å². The molecule has 2 aliphatic rings. The number of terminal acetylenes is 1. The molecule has 56 heavy (non-hydrogen) atoms. The highest BCUT2D eigenvalue weighted by Gasteiger charge is 2.19. The van der Waals surface area contributed by atoms with Gasteiger partial charge in [0, 0.05) is 11.3 Å². The van der Waals surface area contributed by atoms with Gasteiger partial charge in [-0.1, -0.05) is 114 Å². The molecule has 4 aromatic carbocycles. The van der Waals surface area contributed by atoms with Gasteiger partial charge in [-0.15, -0.1) is 24.2 Å². The van der Waals surface area contributed by atoms with Crippen LogP contribution in [0.2, 0.25) is 0 Å². The maximum absolute atomic E-state index is 11.9. The van der Waals surface area contributed by atoms with Crippen molar-refractivity contribution in [3.63, 3.8) is 0 Å². The molecule has 12 heteroatoms. The van der Waals surface area contributed by atoms with Crippen molar-refractivity contribution in [2.45, 2.75) is 33.2 Å². The van der Waals surface area contributed by atoms with E-state index in [1.807, 2.05) is 24.3 Å².